The second-order valence-corrected chi connectivity index (χ2v) is 6.14. The molecule has 1 fully saturated rings. The average molecular weight is 357 g/mol. The van der Waals surface area contributed by atoms with Crippen LogP contribution in [-0.4, -0.2) is 41.2 Å². The summed E-state index contributed by atoms with van der Waals surface area (Å²) in [5, 5.41) is 3.23. The minimum absolute atomic E-state index is 0.108. The first-order valence-electron chi connectivity index (χ1n) is 6.47. The third-order valence-electron chi connectivity index (χ3n) is 3.05. The van der Waals surface area contributed by atoms with E-state index < -0.39 is 0 Å². The quantitative estimate of drug-likeness (QED) is 0.785. The molecule has 1 aromatic carbocycles. The number of nitrogens with one attached hydrogen (secondary N) is 1. The third-order valence-corrected chi connectivity index (χ3v) is 4.10. The number of morpholine rings is 1. The van der Waals surface area contributed by atoms with Crippen molar-refractivity contribution in [2.24, 2.45) is 0 Å². The van der Waals surface area contributed by atoms with Crippen molar-refractivity contribution in [1.82, 2.24) is 10.2 Å². The van der Waals surface area contributed by atoms with Gasteiger partial charge >= 0.3 is 0 Å². The van der Waals surface area contributed by atoms with Crippen molar-refractivity contribution in [3.05, 3.63) is 34.3 Å². The summed E-state index contributed by atoms with van der Waals surface area (Å²) < 4.78 is 6.41. The van der Waals surface area contributed by atoms with Crippen LogP contribution in [0.25, 0.3) is 0 Å². The molecular formula is C14H17BrN2O2S. The lowest BCUT2D eigenvalue weighted by Gasteiger charge is -2.36. The number of rotatable bonds is 1. The molecular weight excluding hydrogens is 340 g/mol. The van der Waals surface area contributed by atoms with Gasteiger partial charge in [-0.3, -0.25) is 10.1 Å². The fourth-order valence-electron chi connectivity index (χ4n) is 2.23. The minimum Gasteiger partial charge on any atom is -0.372 e. The van der Waals surface area contributed by atoms with Gasteiger partial charge in [0, 0.05) is 17.6 Å². The molecule has 0 radical (unpaired) electrons. The topological polar surface area (TPSA) is 41.6 Å². The van der Waals surface area contributed by atoms with Crippen LogP contribution in [0, 0.1) is 0 Å². The Bertz CT molecular complexity index is 514. The van der Waals surface area contributed by atoms with E-state index in [4.69, 9.17) is 17.0 Å². The van der Waals surface area contributed by atoms with Gasteiger partial charge < -0.3 is 9.64 Å². The molecule has 2 atom stereocenters. The minimum atomic E-state index is -0.200. The number of ether oxygens (including phenoxy) is 1. The number of hydrogen-bond acceptors (Lipinski definition) is 3. The predicted octanol–water partition coefficient (Wildman–Crippen LogP) is 2.57. The molecule has 6 heteroatoms. The van der Waals surface area contributed by atoms with Gasteiger partial charge in [0.1, 0.15) is 0 Å². The van der Waals surface area contributed by atoms with Gasteiger partial charge in [-0.25, -0.2) is 0 Å². The Balaban J connectivity index is 2.01. The van der Waals surface area contributed by atoms with Gasteiger partial charge in [0.15, 0.2) is 5.11 Å². The van der Waals surface area contributed by atoms with Crippen LogP contribution in [0.4, 0.5) is 0 Å². The van der Waals surface area contributed by atoms with Gasteiger partial charge in [-0.05, 0) is 54.1 Å². The highest BCUT2D eigenvalue weighted by Gasteiger charge is 2.25. The number of benzene rings is 1. The van der Waals surface area contributed by atoms with E-state index in [0.717, 1.165) is 4.47 Å². The summed E-state index contributed by atoms with van der Waals surface area (Å²) in [6, 6.07) is 7.27. The molecule has 0 bridgehead atoms. The van der Waals surface area contributed by atoms with E-state index in [-0.39, 0.29) is 18.1 Å². The Labute approximate surface area is 132 Å². The molecule has 0 aliphatic carbocycles. The average Bonchev–Trinajstić information content (AvgIpc) is 2.37. The molecule has 1 amide bonds. The van der Waals surface area contributed by atoms with Crippen LogP contribution in [0.5, 0.6) is 0 Å². The number of hydrogen-bond donors (Lipinski definition) is 1. The molecule has 2 rings (SSSR count). The van der Waals surface area contributed by atoms with E-state index in [0.29, 0.717) is 23.8 Å². The zero-order valence-corrected chi connectivity index (χ0v) is 13.8. The van der Waals surface area contributed by atoms with E-state index in [2.05, 4.69) is 21.2 Å². The number of nitrogens with zero attached hydrogens (tertiary/aromatic N) is 1. The number of carbonyl (C=O) groups excluding carboxylic acids is 1. The zero-order chi connectivity index (χ0) is 14.7. The Hall–Kier alpha value is -0.980. The fourth-order valence-corrected chi connectivity index (χ4v) is 2.94. The fraction of sp³-hybridized carbons (Fsp3) is 0.429. The summed E-state index contributed by atoms with van der Waals surface area (Å²) >= 11 is 8.69. The lowest BCUT2D eigenvalue weighted by Crippen LogP contribution is -2.52. The SMILES string of the molecule is CC1CN(C(=S)NC(=O)c2ccccc2Br)CC(C)O1. The molecule has 1 aromatic rings. The van der Waals surface area contributed by atoms with Crippen LogP contribution in [-0.2, 0) is 4.74 Å². The van der Waals surface area contributed by atoms with Crippen molar-refractivity contribution in [1.29, 1.82) is 0 Å². The number of amides is 1. The van der Waals surface area contributed by atoms with Gasteiger partial charge in [-0.2, -0.15) is 0 Å². The molecule has 1 N–H and O–H groups in total. The highest BCUT2D eigenvalue weighted by Crippen LogP contribution is 2.16. The summed E-state index contributed by atoms with van der Waals surface area (Å²) in [5.74, 6) is -0.200. The van der Waals surface area contributed by atoms with Crippen LogP contribution >= 0.6 is 28.1 Å². The first kappa shape index (κ1) is 15.4. The number of thiocarbonyl (C=S) groups is 1. The van der Waals surface area contributed by atoms with Crippen molar-refractivity contribution in [2.75, 3.05) is 13.1 Å². The summed E-state index contributed by atoms with van der Waals surface area (Å²) in [6.45, 7) is 5.39. The molecule has 0 aromatic heterocycles. The summed E-state index contributed by atoms with van der Waals surface area (Å²) in [4.78, 5) is 14.2. The lowest BCUT2D eigenvalue weighted by atomic mass is 10.2. The predicted molar refractivity (Wildman–Crippen MR) is 85.8 cm³/mol. The number of halogens is 1. The second-order valence-electron chi connectivity index (χ2n) is 4.90. The molecule has 108 valence electrons. The Morgan fingerprint density at radius 1 is 1.35 bits per heavy atom. The molecule has 1 aliphatic rings. The van der Waals surface area contributed by atoms with Crippen molar-refractivity contribution >= 4 is 39.2 Å². The normalized spacial score (nSPS) is 22.4. The Morgan fingerprint density at radius 2 is 1.95 bits per heavy atom. The first-order chi connectivity index (χ1) is 9.47. The Morgan fingerprint density at radius 3 is 2.55 bits per heavy atom. The van der Waals surface area contributed by atoms with Gasteiger partial charge in [-0.1, -0.05) is 12.1 Å². The van der Waals surface area contributed by atoms with Crippen LogP contribution in [0.15, 0.2) is 28.7 Å². The van der Waals surface area contributed by atoms with Crippen molar-refractivity contribution in [3.8, 4) is 0 Å². The van der Waals surface area contributed by atoms with Gasteiger partial charge in [0.05, 0.1) is 17.8 Å². The maximum Gasteiger partial charge on any atom is 0.258 e. The van der Waals surface area contributed by atoms with Crippen molar-refractivity contribution < 1.29 is 9.53 Å². The molecule has 1 heterocycles. The van der Waals surface area contributed by atoms with E-state index in [1.807, 2.05) is 36.9 Å². The van der Waals surface area contributed by atoms with Gasteiger partial charge in [0.2, 0.25) is 0 Å². The summed E-state index contributed by atoms with van der Waals surface area (Å²) in [5.41, 5.74) is 0.573. The second kappa shape index (κ2) is 6.65. The van der Waals surface area contributed by atoms with Crippen LogP contribution < -0.4 is 5.32 Å². The summed E-state index contributed by atoms with van der Waals surface area (Å²) in [7, 11) is 0. The van der Waals surface area contributed by atoms with Crippen molar-refractivity contribution in [2.45, 2.75) is 26.1 Å². The smallest absolute Gasteiger partial charge is 0.258 e. The molecule has 1 aliphatic heterocycles. The summed E-state index contributed by atoms with van der Waals surface area (Å²) in [6.07, 6.45) is 0.217. The van der Waals surface area contributed by atoms with Crippen LogP contribution in [0.2, 0.25) is 0 Å². The molecule has 20 heavy (non-hydrogen) atoms. The van der Waals surface area contributed by atoms with E-state index in [1.54, 1.807) is 6.07 Å². The van der Waals surface area contributed by atoms with E-state index >= 15 is 0 Å². The monoisotopic (exact) mass is 356 g/mol. The standard InChI is InChI=1S/C14H17BrN2O2S/c1-9-7-17(8-10(2)19-9)14(20)16-13(18)11-5-3-4-6-12(11)15/h3-6,9-10H,7-8H2,1-2H3,(H,16,18,20). The van der Waals surface area contributed by atoms with E-state index in [1.165, 1.54) is 0 Å². The van der Waals surface area contributed by atoms with Crippen LogP contribution in [0.3, 0.4) is 0 Å². The zero-order valence-electron chi connectivity index (χ0n) is 11.4. The molecule has 1 saturated heterocycles. The largest absolute Gasteiger partial charge is 0.372 e. The van der Waals surface area contributed by atoms with Crippen LogP contribution in [0.1, 0.15) is 24.2 Å². The Kier molecular flexibility index (Phi) is 5.12. The number of carbonyl (C=O) groups is 1. The molecule has 0 spiro atoms. The highest BCUT2D eigenvalue weighted by atomic mass is 79.9. The molecule has 2 unspecified atom stereocenters. The highest BCUT2D eigenvalue weighted by molar-refractivity contribution is 9.10. The van der Waals surface area contributed by atoms with Gasteiger partial charge in [0.25, 0.3) is 5.91 Å². The maximum absolute atomic E-state index is 12.2. The third kappa shape index (κ3) is 3.77. The molecule has 0 saturated carbocycles. The van der Waals surface area contributed by atoms with Gasteiger partial charge in [-0.15, -0.1) is 0 Å². The van der Waals surface area contributed by atoms with Crippen molar-refractivity contribution in [3.63, 3.8) is 0 Å². The van der Waals surface area contributed by atoms with E-state index in [9.17, 15) is 4.79 Å². The first-order valence-corrected chi connectivity index (χ1v) is 7.67. The molecule has 4 nitrogen and oxygen atoms in total. The maximum atomic E-state index is 12.2. The lowest BCUT2D eigenvalue weighted by molar-refractivity contribution is -0.0481.